The molecule has 0 amide bonds. The number of rotatable bonds is 5. The molecule has 29 heavy (non-hydrogen) atoms. The normalized spacial score (nSPS) is 10.7. The number of furan rings is 1. The lowest BCUT2D eigenvalue weighted by Crippen LogP contribution is -2.07. The van der Waals surface area contributed by atoms with Crippen molar-refractivity contribution in [2.45, 2.75) is 0 Å². The van der Waals surface area contributed by atoms with Crippen molar-refractivity contribution in [1.82, 2.24) is 4.98 Å². The fourth-order valence-electron chi connectivity index (χ4n) is 2.90. The van der Waals surface area contributed by atoms with E-state index in [1.54, 1.807) is 30.5 Å². The predicted molar refractivity (Wildman–Crippen MR) is 104 cm³/mol. The number of pyridine rings is 1. The van der Waals surface area contributed by atoms with E-state index in [1.807, 2.05) is 12.1 Å². The van der Waals surface area contributed by atoms with Crippen LogP contribution in [0.3, 0.4) is 0 Å². The Morgan fingerprint density at radius 2 is 1.93 bits per heavy atom. The van der Waals surface area contributed by atoms with Crippen LogP contribution in [0.15, 0.2) is 71.3 Å². The summed E-state index contributed by atoms with van der Waals surface area (Å²) in [6.07, 6.45) is 1.60. The van der Waals surface area contributed by atoms with Crippen molar-refractivity contribution in [3.8, 4) is 22.8 Å². The average Bonchev–Trinajstić information content (AvgIpc) is 3.24. The molecule has 0 saturated carbocycles. The molecule has 0 saturated heterocycles. The molecule has 144 valence electrons. The Balaban J connectivity index is 1.64. The van der Waals surface area contributed by atoms with Crippen LogP contribution in [-0.2, 0) is 0 Å². The fourth-order valence-corrected chi connectivity index (χ4v) is 2.90. The van der Waals surface area contributed by atoms with Crippen LogP contribution in [0.25, 0.3) is 22.2 Å². The summed E-state index contributed by atoms with van der Waals surface area (Å²) in [5.74, 6) is -0.0115. The largest absolute Gasteiger partial charge is 0.497 e. The van der Waals surface area contributed by atoms with E-state index in [0.717, 1.165) is 5.39 Å². The van der Waals surface area contributed by atoms with Crippen molar-refractivity contribution >= 4 is 22.6 Å². The van der Waals surface area contributed by atoms with Gasteiger partial charge in [-0.15, -0.1) is 0 Å². The van der Waals surface area contributed by atoms with Crippen molar-refractivity contribution in [2.24, 2.45) is 0 Å². The minimum Gasteiger partial charge on any atom is -0.497 e. The zero-order chi connectivity index (χ0) is 20.4. The Bertz CT molecular complexity index is 1230. The molecule has 0 aliphatic rings. The molecular formula is C21H14N2O6. The van der Waals surface area contributed by atoms with Gasteiger partial charge in [0.1, 0.15) is 17.0 Å². The molecule has 0 bridgehead atoms. The quantitative estimate of drug-likeness (QED) is 0.212. The first-order valence-electron chi connectivity index (χ1n) is 8.55. The van der Waals surface area contributed by atoms with Crippen molar-refractivity contribution < 1.29 is 23.6 Å². The van der Waals surface area contributed by atoms with Gasteiger partial charge in [-0.05, 0) is 36.4 Å². The first-order chi connectivity index (χ1) is 14.1. The third kappa shape index (κ3) is 3.51. The van der Waals surface area contributed by atoms with Crippen LogP contribution >= 0.6 is 0 Å². The van der Waals surface area contributed by atoms with Gasteiger partial charge in [0.05, 0.1) is 23.7 Å². The fraction of sp³-hybridized carbons (Fsp3) is 0.0476. The van der Waals surface area contributed by atoms with E-state index >= 15 is 0 Å². The average molecular weight is 390 g/mol. The Morgan fingerprint density at radius 1 is 1.10 bits per heavy atom. The molecule has 0 N–H and O–H groups in total. The monoisotopic (exact) mass is 390 g/mol. The van der Waals surface area contributed by atoms with Crippen LogP contribution in [0.2, 0.25) is 0 Å². The maximum Gasteiger partial charge on any atom is 0.379 e. The highest BCUT2D eigenvalue weighted by atomic mass is 16.6. The molecule has 8 nitrogen and oxygen atoms in total. The van der Waals surface area contributed by atoms with E-state index in [2.05, 4.69) is 4.98 Å². The lowest BCUT2D eigenvalue weighted by molar-refractivity contribution is -0.384. The standard InChI is InChI=1S/C21H14N2O6/c1-27-14-7-8-15(16(12-14)23(25)26)17-9-10-19(28-17)21(24)29-18-6-2-4-13-5-3-11-22-20(13)18/h2-12H,1H3. The molecule has 4 aromatic rings. The minimum absolute atomic E-state index is 0.0851. The number of methoxy groups -OCH3 is 1. The number of hydrogen-bond donors (Lipinski definition) is 0. The molecule has 2 aromatic heterocycles. The maximum absolute atomic E-state index is 12.5. The third-order valence-electron chi connectivity index (χ3n) is 4.27. The number of para-hydroxylation sites is 1. The third-order valence-corrected chi connectivity index (χ3v) is 4.27. The van der Waals surface area contributed by atoms with Gasteiger partial charge in [0.15, 0.2) is 5.75 Å². The second-order valence-electron chi connectivity index (χ2n) is 6.02. The zero-order valence-electron chi connectivity index (χ0n) is 15.2. The minimum atomic E-state index is -0.731. The van der Waals surface area contributed by atoms with Gasteiger partial charge in [-0.2, -0.15) is 0 Å². The van der Waals surface area contributed by atoms with Crippen LogP contribution in [0, 0.1) is 10.1 Å². The SMILES string of the molecule is COc1ccc(-c2ccc(C(=O)Oc3cccc4cccnc34)o2)c([N+](=O)[O-])c1. The number of nitro groups is 1. The summed E-state index contributed by atoms with van der Waals surface area (Å²) in [5.41, 5.74) is 0.569. The molecule has 0 radical (unpaired) electrons. The van der Waals surface area contributed by atoms with E-state index in [9.17, 15) is 14.9 Å². The number of carbonyl (C=O) groups excluding carboxylic acids is 1. The highest BCUT2D eigenvalue weighted by Crippen LogP contribution is 2.34. The van der Waals surface area contributed by atoms with Crippen LogP contribution < -0.4 is 9.47 Å². The van der Waals surface area contributed by atoms with Crippen molar-refractivity contribution in [2.75, 3.05) is 7.11 Å². The topological polar surface area (TPSA) is 105 Å². The van der Waals surface area contributed by atoms with E-state index in [4.69, 9.17) is 13.9 Å². The van der Waals surface area contributed by atoms with E-state index < -0.39 is 10.9 Å². The molecule has 0 unspecified atom stereocenters. The molecular weight excluding hydrogens is 376 g/mol. The molecule has 2 heterocycles. The summed E-state index contributed by atoms with van der Waals surface area (Å²) in [5, 5.41) is 12.2. The van der Waals surface area contributed by atoms with Crippen LogP contribution in [0.1, 0.15) is 10.6 Å². The van der Waals surface area contributed by atoms with Gasteiger partial charge < -0.3 is 13.9 Å². The molecule has 4 rings (SSSR count). The van der Waals surface area contributed by atoms with Crippen LogP contribution in [0.4, 0.5) is 5.69 Å². The molecule has 0 fully saturated rings. The van der Waals surface area contributed by atoms with Crippen molar-refractivity contribution in [1.29, 1.82) is 0 Å². The first-order valence-corrected chi connectivity index (χ1v) is 8.55. The predicted octanol–water partition coefficient (Wildman–Crippen LogP) is 4.63. The Kier molecular flexibility index (Phi) is 4.66. The summed E-state index contributed by atoms with van der Waals surface area (Å²) in [6, 6.07) is 16.1. The summed E-state index contributed by atoms with van der Waals surface area (Å²) >= 11 is 0. The summed E-state index contributed by atoms with van der Waals surface area (Å²) in [6.45, 7) is 0. The molecule has 2 aromatic carbocycles. The van der Waals surface area contributed by atoms with Crippen molar-refractivity contribution in [3.63, 3.8) is 0 Å². The zero-order valence-corrected chi connectivity index (χ0v) is 15.2. The molecule has 0 atom stereocenters. The van der Waals surface area contributed by atoms with Gasteiger partial charge in [-0.3, -0.25) is 15.1 Å². The maximum atomic E-state index is 12.5. The van der Waals surface area contributed by atoms with E-state index in [-0.39, 0.29) is 22.8 Å². The van der Waals surface area contributed by atoms with Crippen LogP contribution in [0.5, 0.6) is 11.5 Å². The van der Waals surface area contributed by atoms with Gasteiger partial charge in [-0.1, -0.05) is 18.2 Å². The highest BCUT2D eigenvalue weighted by Gasteiger charge is 2.22. The lowest BCUT2D eigenvalue weighted by atomic mass is 10.1. The number of ether oxygens (including phenoxy) is 2. The number of nitrogens with zero attached hydrogens (tertiary/aromatic N) is 2. The van der Waals surface area contributed by atoms with Gasteiger partial charge in [0.2, 0.25) is 5.76 Å². The number of esters is 1. The van der Waals surface area contributed by atoms with Gasteiger partial charge >= 0.3 is 5.97 Å². The number of nitro benzene ring substituents is 1. The van der Waals surface area contributed by atoms with E-state index in [1.165, 1.54) is 31.4 Å². The van der Waals surface area contributed by atoms with Crippen molar-refractivity contribution in [3.05, 3.63) is 82.7 Å². The Hall–Kier alpha value is -4.20. The number of aromatic nitrogens is 1. The Morgan fingerprint density at radius 3 is 2.72 bits per heavy atom. The van der Waals surface area contributed by atoms with Crippen LogP contribution in [-0.4, -0.2) is 23.0 Å². The van der Waals surface area contributed by atoms with Gasteiger partial charge in [-0.25, -0.2) is 4.79 Å². The number of carbonyl (C=O) groups is 1. The lowest BCUT2D eigenvalue weighted by Gasteiger charge is -2.05. The number of hydrogen-bond acceptors (Lipinski definition) is 7. The molecule has 0 aliphatic carbocycles. The van der Waals surface area contributed by atoms with E-state index in [0.29, 0.717) is 17.0 Å². The first kappa shape index (κ1) is 18.2. The summed E-state index contributed by atoms with van der Waals surface area (Å²) in [4.78, 5) is 27.6. The van der Waals surface area contributed by atoms with Gasteiger partial charge in [0, 0.05) is 11.6 Å². The summed E-state index contributed by atoms with van der Waals surface area (Å²) < 4.78 is 16.0. The summed E-state index contributed by atoms with van der Waals surface area (Å²) in [7, 11) is 1.42. The smallest absolute Gasteiger partial charge is 0.379 e. The highest BCUT2D eigenvalue weighted by molar-refractivity contribution is 5.93. The second kappa shape index (κ2) is 7.43. The number of fused-ring (bicyclic) bond motifs is 1. The molecule has 0 aliphatic heterocycles. The van der Waals surface area contributed by atoms with Gasteiger partial charge in [0.25, 0.3) is 5.69 Å². The number of benzene rings is 2. The Labute approximate surface area is 164 Å². The molecule has 0 spiro atoms. The molecule has 8 heteroatoms. The second-order valence-corrected chi connectivity index (χ2v) is 6.02.